The predicted molar refractivity (Wildman–Crippen MR) is 78.1 cm³/mol. The zero-order valence-corrected chi connectivity index (χ0v) is 14.6. The SMILES string of the molecule is COc1ccc(S(=O)(=O)c2c(F)c(F)c(OC(=O)C(F)(F)F)c(F)c2F)cc1O. The standard InChI is InChI=1S/C15H7F7O6S/c1-27-7-3-2-5(4-6(7)23)29(25,26)13-10(18)8(16)12(9(17)11(13)19)28-14(24)15(20,21)22/h2-4,23H,1H3. The molecule has 0 saturated carbocycles. The topological polar surface area (TPSA) is 89.9 Å². The van der Waals surface area contributed by atoms with Crippen LogP contribution in [0.4, 0.5) is 30.7 Å². The summed E-state index contributed by atoms with van der Waals surface area (Å²) in [5, 5.41) is 9.58. The lowest BCUT2D eigenvalue weighted by molar-refractivity contribution is -0.190. The molecule has 2 aromatic rings. The first-order valence-electron chi connectivity index (χ1n) is 7.00. The number of halogens is 7. The first-order valence-corrected chi connectivity index (χ1v) is 8.48. The summed E-state index contributed by atoms with van der Waals surface area (Å²) < 4.78 is 125. The van der Waals surface area contributed by atoms with Crippen LogP contribution in [0.3, 0.4) is 0 Å². The summed E-state index contributed by atoms with van der Waals surface area (Å²) in [4.78, 5) is 7.43. The monoisotopic (exact) mass is 448 g/mol. The first kappa shape index (κ1) is 22.3. The first-order chi connectivity index (χ1) is 13.2. The van der Waals surface area contributed by atoms with Gasteiger partial charge < -0.3 is 14.6 Å². The highest BCUT2D eigenvalue weighted by atomic mass is 32.2. The summed E-state index contributed by atoms with van der Waals surface area (Å²) in [7, 11) is -4.28. The van der Waals surface area contributed by atoms with Crippen molar-refractivity contribution >= 4 is 15.8 Å². The maximum Gasteiger partial charge on any atom is 0.491 e. The van der Waals surface area contributed by atoms with Crippen molar-refractivity contribution in [2.75, 3.05) is 7.11 Å². The van der Waals surface area contributed by atoms with Crippen LogP contribution >= 0.6 is 0 Å². The van der Waals surface area contributed by atoms with Gasteiger partial charge in [0.05, 0.1) is 12.0 Å². The van der Waals surface area contributed by atoms with E-state index < -0.39 is 66.5 Å². The Morgan fingerprint density at radius 2 is 1.52 bits per heavy atom. The Morgan fingerprint density at radius 3 is 1.93 bits per heavy atom. The van der Waals surface area contributed by atoms with Crippen LogP contribution < -0.4 is 9.47 Å². The van der Waals surface area contributed by atoms with E-state index in [1.165, 1.54) is 0 Å². The number of aromatic hydroxyl groups is 1. The normalized spacial score (nSPS) is 12.0. The van der Waals surface area contributed by atoms with Crippen LogP contribution in [0.2, 0.25) is 0 Å². The average Bonchev–Trinajstić information content (AvgIpc) is 2.62. The van der Waals surface area contributed by atoms with E-state index in [2.05, 4.69) is 9.47 Å². The Balaban J connectivity index is 2.69. The lowest BCUT2D eigenvalue weighted by Gasteiger charge is -2.13. The minimum atomic E-state index is -5.77. The van der Waals surface area contributed by atoms with E-state index in [4.69, 9.17) is 0 Å². The fraction of sp³-hybridized carbons (Fsp3) is 0.133. The fourth-order valence-electron chi connectivity index (χ4n) is 2.02. The largest absolute Gasteiger partial charge is 0.504 e. The lowest BCUT2D eigenvalue weighted by Crippen LogP contribution is -2.29. The molecule has 29 heavy (non-hydrogen) atoms. The van der Waals surface area contributed by atoms with Gasteiger partial charge in [0.15, 0.2) is 23.1 Å². The number of esters is 1. The molecule has 0 heterocycles. The van der Waals surface area contributed by atoms with Gasteiger partial charge in [0, 0.05) is 6.07 Å². The minimum Gasteiger partial charge on any atom is -0.504 e. The summed E-state index contributed by atoms with van der Waals surface area (Å²) in [6.07, 6.45) is -5.77. The van der Waals surface area contributed by atoms with Gasteiger partial charge in [-0.3, -0.25) is 0 Å². The number of phenols is 1. The Labute approximate surface area is 157 Å². The molecule has 0 radical (unpaired) electrons. The van der Waals surface area contributed by atoms with Crippen LogP contribution in [-0.2, 0) is 14.6 Å². The van der Waals surface area contributed by atoms with Gasteiger partial charge in [-0.1, -0.05) is 0 Å². The molecule has 2 rings (SSSR count). The third kappa shape index (κ3) is 3.92. The van der Waals surface area contributed by atoms with Crippen LogP contribution in [0.15, 0.2) is 28.0 Å². The summed E-state index contributed by atoms with van der Waals surface area (Å²) in [5.41, 5.74) is 0. The van der Waals surface area contributed by atoms with Crippen molar-refractivity contribution in [2.24, 2.45) is 0 Å². The summed E-state index contributed by atoms with van der Waals surface area (Å²) in [6.45, 7) is 0. The molecule has 158 valence electrons. The highest BCUT2D eigenvalue weighted by molar-refractivity contribution is 7.91. The highest BCUT2D eigenvalue weighted by Gasteiger charge is 2.44. The number of phenolic OH excluding ortho intramolecular Hbond substituents is 1. The Kier molecular flexibility index (Phi) is 5.70. The van der Waals surface area contributed by atoms with E-state index in [0.717, 1.165) is 13.2 Å². The molecule has 0 aliphatic rings. The fourth-order valence-corrected chi connectivity index (χ4v) is 3.42. The second kappa shape index (κ2) is 7.42. The van der Waals surface area contributed by atoms with Crippen LogP contribution in [-0.4, -0.2) is 32.8 Å². The van der Waals surface area contributed by atoms with Gasteiger partial charge in [0.1, 0.15) is 4.90 Å². The van der Waals surface area contributed by atoms with Crippen molar-refractivity contribution in [3.05, 3.63) is 41.5 Å². The molecular weight excluding hydrogens is 441 g/mol. The number of sulfone groups is 1. The Hall–Kier alpha value is -3.03. The molecule has 1 N–H and O–H groups in total. The number of benzene rings is 2. The number of methoxy groups -OCH3 is 1. The van der Waals surface area contributed by atoms with Gasteiger partial charge in [0.2, 0.25) is 27.2 Å². The third-order valence-electron chi connectivity index (χ3n) is 3.34. The third-order valence-corrected chi connectivity index (χ3v) is 5.11. The molecule has 14 heteroatoms. The number of alkyl halides is 3. The molecule has 0 unspecified atom stereocenters. The van der Waals surface area contributed by atoms with E-state index in [1.54, 1.807) is 0 Å². The zero-order chi connectivity index (χ0) is 22.3. The van der Waals surface area contributed by atoms with E-state index in [-0.39, 0.29) is 5.75 Å². The highest BCUT2D eigenvalue weighted by Crippen LogP contribution is 2.37. The van der Waals surface area contributed by atoms with Crippen molar-refractivity contribution in [2.45, 2.75) is 16.0 Å². The van der Waals surface area contributed by atoms with Crippen molar-refractivity contribution in [1.29, 1.82) is 0 Å². The number of carbonyl (C=O) groups excluding carboxylic acids is 1. The number of carbonyl (C=O) groups is 1. The molecule has 0 fully saturated rings. The molecule has 0 aromatic heterocycles. The molecule has 0 bridgehead atoms. The van der Waals surface area contributed by atoms with Crippen LogP contribution in [0.1, 0.15) is 0 Å². The summed E-state index contributed by atoms with van der Waals surface area (Å²) in [5.74, 6) is -17.4. The number of rotatable bonds is 4. The van der Waals surface area contributed by atoms with Gasteiger partial charge in [0.25, 0.3) is 0 Å². The Morgan fingerprint density at radius 1 is 1.00 bits per heavy atom. The summed E-state index contributed by atoms with van der Waals surface area (Å²) in [6, 6.07) is 1.96. The van der Waals surface area contributed by atoms with Gasteiger partial charge in [-0.15, -0.1) is 0 Å². The molecule has 0 aliphatic heterocycles. The maximum absolute atomic E-state index is 14.2. The van der Waals surface area contributed by atoms with Crippen LogP contribution in [0.5, 0.6) is 17.2 Å². The summed E-state index contributed by atoms with van der Waals surface area (Å²) >= 11 is 0. The molecule has 6 nitrogen and oxygen atoms in total. The van der Waals surface area contributed by atoms with E-state index in [9.17, 15) is 49.1 Å². The van der Waals surface area contributed by atoms with Gasteiger partial charge in [-0.05, 0) is 12.1 Å². The molecular formula is C15H7F7O6S. The smallest absolute Gasteiger partial charge is 0.491 e. The quantitative estimate of drug-likeness (QED) is 0.334. The molecule has 2 aromatic carbocycles. The van der Waals surface area contributed by atoms with Crippen molar-refractivity contribution in [3.8, 4) is 17.2 Å². The minimum absolute atomic E-state index is 0.253. The average molecular weight is 448 g/mol. The maximum atomic E-state index is 14.2. The molecule has 0 atom stereocenters. The molecule has 0 aliphatic carbocycles. The molecule has 0 amide bonds. The van der Waals surface area contributed by atoms with E-state index in [1.807, 2.05) is 0 Å². The van der Waals surface area contributed by atoms with E-state index >= 15 is 0 Å². The molecule has 0 spiro atoms. The lowest BCUT2D eigenvalue weighted by atomic mass is 10.3. The molecule has 0 saturated heterocycles. The van der Waals surface area contributed by atoms with Gasteiger partial charge in [-0.25, -0.2) is 22.0 Å². The van der Waals surface area contributed by atoms with E-state index in [0.29, 0.717) is 12.1 Å². The van der Waals surface area contributed by atoms with Gasteiger partial charge >= 0.3 is 12.1 Å². The van der Waals surface area contributed by atoms with Crippen molar-refractivity contribution in [1.82, 2.24) is 0 Å². The zero-order valence-electron chi connectivity index (χ0n) is 13.8. The number of hydrogen-bond donors (Lipinski definition) is 1. The number of ether oxygens (including phenoxy) is 2. The second-order valence-corrected chi connectivity index (χ2v) is 7.03. The van der Waals surface area contributed by atoms with Crippen LogP contribution in [0, 0.1) is 23.3 Å². The Bertz CT molecular complexity index is 1070. The van der Waals surface area contributed by atoms with Crippen molar-refractivity contribution in [3.63, 3.8) is 0 Å². The van der Waals surface area contributed by atoms with Crippen LogP contribution in [0.25, 0.3) is 0 Å². The number of hydrogen-bond acceptors (Lipinski definition) is 6. The van der Waals surface area contributed by atoms with Gasteiger partial charge in [-0.2, -0.15) is 22.0 Å². The van der Waals surface area contributed by atoms with Crippen molar-refractivity contribution < 1.29 is 58.5 Å². The second-order valence-electron chi connectivity index (χ2n) is 5.14. The predicted octanol–water partition coefficient (Wildman–Crippen LogP) is 3.26.